The summed E-state index contributed by atoms with van der Waals surface area (Å²) in [5.41, 5.74) is 8.28. The van der Waals surface area contributed by atoms with E-state index in [-0.39, 0.29) is 11.2 Å². The number of hydrogen-bond donors (Lipinski definition) is 1. The van der Waals surface area contributed by atoms with Crippen molar-refractivity contribution < 1.29 is 9.52 Å². The van der Waals surface area contributed by atoms with Gasteiger partial charge in [-0.25, -0.2) is 4.98 Å². The molecule has 0 radical (unpaired) electrons. The fourth-order valence-corrected chi connectivity index (χ4v) is 5.92. The van der Waals surface area contributed by atoms with Gasteiger partial charge in [0.25, 0.3) is 0 Å². The number of phenols is 1. The van der Waals surface area contributed by atoms with Crippen LogP contribution in [0.15, 0.2) is 112 Å². The maximum Gasteiger partial charge on any atom is 0.149 e. The zero-order valence-corrected chi connectivity index (χ0v) is 24.0. The summed E-state index contributed by atoms with van der Waals surface area (Å²) in [4.78, 5) is 5.12. The Morgan fingerprint density at radius 1 is 0.750 bits per heavy atom. The molecule has 0 fully saturated rings. The highest BCUT2D eigenvalue weighted by molar-refractivity contribution is 9.10. The van der Waals surface area contributed by atoms with Crippen molar-refractivity contribution in [2.75, 3.05) is 0 Å². The van der Waals surface area contributed by atoms with Gasteiger partial charge in [-0.2, -0.15) is 0 Å². The molecule has 0 unspecified atom stereocenters. The quantitative estimate of drug-likeness (QED) is 0.224. The van der Waals surface area contributed by atoms with Crippen molar-refractivity contribution in [3.05, 3.63) is 113 Å². The van der Waals surface area contributed by atoms with Crippen molar-refractivity contribution >= 4 is 48.9 Å². The van der Waals surface area contributed by atoms with Gasteiger partial charge in [0.15, 0.2) is 0 Å². The molecule has 40 heavy (non-hydrogen) atoms. The van der Waals surface area contributed by atoms with E-state index in [9.17, 15) is 5.11 Å². The second-order valence-electron chi connectivity index (χ2n) is 11.2. The first-order valence-electron chi connectivity index (χ1n) is 13.3. The largest absolute Gasteiger partial charge is 0.507 e. The first kappa shape index (κ1) is 24.7. The number of rotatable bonds is 3. The molecule has 0 spiro atoms. The highest BCUT2D eigenvalue weighted by Crippen LogP contribution is 2.42. The third-order valence-corrected chi connectivity index (χ3v) is 8.20. The van der Waals surface area contributed by atoms with Gasteiger partial charge in [-0.15, -0.1) is 0 Å². The molecule has 1 N–H and O–H groups in total. The van der Waals surface area contributed by atoms with E-state index in [2.05, 4.69) is 89.8 Å². The van der Waals surface area contributed by atoms with Gasteiger partial charge in [-0.3, -0.25) is 4.57 Å². The van der Waals surface area contributed by atoms with Crippen LogP contribution in [0.1, 0.15) is 26.3 Å². The number of imidazole rings is 1. The minimum Gasteiger partial charge on any atom is -0.507 e. The monoisotopic (exact) mass is 586 g/mol. The lowest BCUT2D eigenvalue weighted by Gasteiger charge is -2.23. The van der Waals surface area contributed by atoms with E-state index in [1.54, 1.807) is 6.07 Å². The topological polar surface area (TPSA) is 51.2 Å². The summed E-state index contributed by atoms with van der Waals surface area (Å²) >= 11 is 3.72. The van der Waals surface area contributed by atoms with Crippen molar-refractivity contribution in [3.63, 3.8) is 0 Å². The molecule has 5 heteroatoms. The van der Waals surface area contributed by atoms with Crippen molar-refractivity contribution in [1.29, 1.82) is 0 Å². The minimum atomic E-state index is -0.0173. The molecule has 196 valence electrons. The fraction of sp³-hybridized carbons (Fsp3) is 0.114. The Morgan fingerprint density at radius 2 is 1.52 bits per heavy atom. The smallest absolute Gasteiger partial charge is 0.149 e. The molecule has 0 atom stereocenters. The average Bonchev–Trinajstić information content (AvgIpc) is 3.51. The third kappa shape index (κ3) is 3.92. The molecule has 0 aliphatic carbocycles. The normalized spacial score (nSPS) is 12.1. The van der Waals surface area contributed by atoms with Gasteiger partial charge in [-0.1, -0.05) is 81.4 Å². The number of furan rings is 1. The molecule has 0 aliphatic rings. The van der Waals surface area contributed by atoms with Crippen LogP contribution in [0.2, 0.25) is 0 Å². The molecule has 7 aromatic rings. The van der Waals surface area contributed by atoms with Crippen LogP contribution < -0.4 is 0 Å². The van der Waals surface area contributed by atoms with Crippen LogP contribution in [0.25, 0.3) is 61.2 Å². The lowest BCUT2D eigenvalue weighted by Crippen LogP contribution is -2.12. The highest BCUT2D eigenvalue weighted by Gasteiger charge is 2.24. The van der Waals surface area contributed by atoms with E-state index in [4.69, 9.17) is 9.40 Å². The van der Waals surface area contributed by atoms with E-state index in [1.165, 1.54) is 5.56 Å². The SMILES string of the molecule is CC(C)(C)c1ccc(-n2c(-c3cc4c(cc3O)oc3ccccc34)nc3c(Br)cccc32)c(-c2ccccc2)c1. The lowest BCUT2D eigenvalue weighted by molar-refractivity contribution is 0.476. The van der Waals surface area contributed by atoms with Gasteiger partial charge in [0.05, 0.1) is 16.8 Å². The molecule has 4 nitrogen and oxygen atoms in total. The van der Waals surface area contributed by atoms with Gasteiger partial charge in [0.1, 0.15) is 28.3 Å². The van der Waals surface area contributed by atoms with Crippen LogP contribution in [0, 0.1) is 0 Å². The van der Waals surface area contributed by atoms with E-state index in [0.717, 1.165) is 48.7 Å². The first-order valence-corrected chi connectivity index (χ1v) is 14.1. The summed E-state index contributed by atoms with van der Waals surface area (Å²) in [6.45, 7) is 6.69. The highest BCUT2D eigenvalue weighted by atomic mass is 79.9. The number of phenolic OH excluding ortho intramolecular Hbond substituents is 1. The van der Waals surface area contributed by atoms with Gasteiger partial charge >= 0.3 is 0 Å². The second-order valence-corrected chi connectivity index (χ2v) is 12.0. The Labute approximate surface area is 240 Å². The summed E-state index contributed by atoms with van der Waals surface area (Å²) < 4.78 is 9.10. The first-order chi connectivity index (χ1) is 19.3. The second kappa shape index (κ2) is 9.10. The maximum atomic E-state index is 11.4. The molecule has 0 aliphatic heterocycles. The van der Waals surface area contributed by atoms with E-state index in [1.807, 2.05) is 48.5 Å². The number of fused-ring (bicyclic) bond motifs is 4. The Hall–Kier alpha value is -4.35. The number of halogens is 1. The van der Waals surface area contributed by atoms with Crippen molar-refractivity contribution in [3.8, 4) is 34.0 Å². The molecule has 0 saturated heterocycles. The van der Waals surface area contributed by atoms with Crippen LogP contribution >= 0.6 is 15.9 Å². The van der Waals surface area contributed by atoms with Crippen LogP contribution in [0.3, 0.4) is 0 Å². The number of hydrogen-bond acceptors (Lipinski definition) is 3. The predicted molar refractivity (Wildman–Crippen MR) is 167 cm³/mol. The summed E-state index contributed by atoms with van der Waals surface area (Å²) in [5.74, 6) is 0.777. The number of aromatic hydroxyl groups is 1. The molecule has 0 bridgehead atoms. The molecular formula is C35H27BrN2O2. The van der Waals surface area contributed by atoms with Gasteiger partial charge in [0, 0.05) is 26.9 Å². The predicted octanol–water partition coefficient (Wildman–Crippen LogP) is 10.0. The van der Waals surface area contributed by atoms with Crippen LogP contribution in [-0.2, 0) is 5.41 Å². The van der Waals surface area contributed by atoms with Crippen molar-refractivity contribution in [2.24, 2.45) is 0 Å². The molecule has 0 amide bonds. The van der Waals surface area contributed by atoms with Gasteiger partial charge < -0.3 is 9.52 Å². The number of nitrogens with zero attached hydrogens (tertiary/aromatic N) is 2. The fourth-order valence-electron chi connectivity index (χ4n) is 5.48. The van der Waals surface area contributed by atoms with E-state index < -0.39 is 0 Å². The lowest BCUT2D eigenvalue weighted by atomic mass is 9.85. The average molecular weight is 588 g/mol. The zero-order valence-electron chi connectivity index (χ0n) is 22.4. The molecule has 7 rings (SSSR count). The van der Waals surface area contributed by atoms with Crippen LogP contribution in [-0.4, -0.2) is 14.7 Å². The van der Waals surface area contributed by atoms with Gasteiger partial charge in [-0.05, 0) is 68.9 Å². The molecule has 5 aromatic carbocycles. The van der Waals surface area contributed by atoms with E-state index in [0.29, 0.717) is 17.0 Å². The summed E-state index contributed by atoms with van der Waals surface area (Å²) in [6, 6.07) is 34.8. The summed E-state index contributed by atoms with van der Waals surface area (Å²) in [6.07, 6.45) is 0. The minimum absolute atomic E-state index is 0.0173. The molecular weight excluding hydrogens is 560 g/mol. The van der Waals surface area contributed by atoms with Crippen molar-refractivity contribution in [1.82, 2.24) is 9.55 Å². The summed E-state index contributed by atoms with van der Waals surface area (Å²) in [5, 5.41) is 13.3. The standard InChI is InChI=1S/C35H27BrN2O2/c1-35(2,3)22-16-17-28(24(18-22)21-10-5-4-6-11-21)38-29-14-9-13-27(36)33(29)37-34(38)26-19-25-23-12-7-8-15-31(23)40-32(25)20-30(26)39/h4-20,39H,1-3H3. The van der Waals surface area contributed by atoms with Crippen LogP contribution in [0.4, 0.5) is 0 Å². The molecule has 0 saturated carbocycles. The Balaban J connectivity index is 1.58. The number of aromatic nitrogens is 2. The van der Waals surface area contributed by atoms with Crippen LogP contribution in [0.5, 0.6) is 5.75 Å². The molecule has 2 aromatic heterocycles. The Kier molecular flexibility index (Phi) is 5.62. The third-order valence-electron chi connectivity index (χ3n) is 7.56. The Morgan fingerprint density at radius 3 is 2.33 bits per heavy atom. The number of benzene rings is 5. The zero-order chi connectivity index (χ0) is 27.6. The number of para-hydroxylation sites is 2. The van der Waals surface area contributed by atoms with Gasteiger partial charge in [0.2, 0.25) is 0 Å². The summed E-state index contributed by atoms with van der Waals surface area (Å²) in [7, 11) is 0. The van der Waals surface area contributed by atoms with E-state index >= 15 is 0 Å². The Bertz CT molecular complexity index is 2060. The molecule has 2 heterocycles. The van der Waals surface area contributed by atoms with Crippen molar-refractivity contribution in [2.45, 2.75) is 26.2 Å². The maximum absolute atomic E-state index is 11.4.